The number of hydrogen-bond acceptors (Lipinski definition) is 2. The Bertz CT molecular complexity index is 141. The Labute approximate surface area is 95.2 Å². The molecule has 1 heterocycles. The number of hydrogen-bond donors (Lipinski definition) is 2. The zero-order chi connectivity index (χ0) is 10.9. The topological polar surface area (TPSA) is 24.1 Å². The fourth-order valence-electron chi connectivity index (χ4n) is 2.35. The molecule has 2 heteroatoms. The molecule has 1 rings (SSSR count). The largest absolute Gasteiger partial charge is 0.317 e. The van der Waals surface area contributed by atoms with E-state index < -0.39 is 0 Å². The van der Waals surface area contributed by atoms with Gasteiger partial charge in [0.2, 0.25) is 0 Å². The highest BCUT2D eigenvalue weighted by atomic mass is 15.0. The zero-order valence-corrected chi connectivity index (χ0v) is 10.5. The molecule has 1 unspecified atom stereocenters. The van der Waals surface area contributed by atoms with Crippen LogP contribution in [0.25, 0.3) is 0 Å². The molecule has 1 aliphatic rings. The molecule has 15 heavy (non-hydrogen) atoms. The van der Waals surface area contributed by atoms with Gasteiger partial charge in [0.05, 0.1) is 0 Å². The molecule has 0 radical (unpaired) electrons. The van der Waals surface area contributed by atoms with Crippen LogP contribution in [0.15, 0.2) is 0 Å². The lowest BCUT2D eigenvalue weighted by Crippen LogP contribution is -2.43. The van der Waals surface area contributed by atoms with Gasteiger partial charge in [-0.3, -0.25) is 0 Å². The minimum Gasteiger partial charge on any atom is -0.317 e. The van der Waals surface area contributed by atoms with Gasteiger partial charge in [-0.2, -0.15) is 0 Å². The second kappa shape index (κ2) is 8.12. The van der Waals surface area contributed by atoms with Crippen molar-refractivity contribution in [2.75, 3.05) is 13.1 Å². The maximum Gasteiger partial charge on any atom is 0.00937 e. The van der Waals surface area contributed by atoms with Gasteiger partial charge in [-0.15, -0.1) is 0 Å². The molecule has 0 aliphatic carbocycles. The summed E-state index contributed by atoms with van der Waals surface area (Å²) in [6, 6.07) is 1.48. The summed E-state index contributed by atoms with van der Waals surface area (Å²) in [6.07, 6.45) is 9.51. The van der Waals surface area contributed by atoms with Gasteiger partial charge in [0.1, 0.15) is 0 Å². The van der Waals surface area contributed by atoms with Gasteiger partial charge in [0.25, 0.3) is 0 Å². The van der Waals surface area contributed by atoms with E-state index in [1.54, 1.807) is 0 Å². The Hall–Kier alpha value is -0.0800. The van der Waals surface area contributed by atoms with Crippen LogP contribution in [0.5, 0.6) is 0 Å². The number of rotatable bonds is 7. The van der Waals surface area contributed by atoms with Crippen LogP contribution in [0, 0.1) is 0 Å². The summed E-state index contributed by atoms with van der Waals surface area (Å²) < 4.78 is 0. The molecular formula is C13H28N2. The minimum atomic E-state index is 0.713. The van der Waals surface area contributed by atoms with E-state index in [9.17, 15) is 0 Å². The second-order valence-corrected chi connectivity index (χ2v) is 4.94. The van der Waals surface area contributed by atoms with Crippen molar-refractivity contribution in [3.63, 3.8) is 0 Å². The normalized spacial score (nSPS) is 20.4. The number of unbranched alkanes of at least 4 members (excludes halogenated alkanes) is 3. The quantitative estimate of drug-likeness (QED) is 0.634. The van der Waals surface area contributed by atoms with Gasteiger partial charge in [-0.05, 0) is 39.3 Å². The van der Waals surface area contributed by atoms with Gasteiger partial charge in [0, 0.05) is 12.1 Å². The molecule has 90 valence electrons. The monoisotopic (exact) mass is 212 g/mol. The van der Waals surface area contributed by atoms with Crippen molar-refractivity contribution in [2.24, 2.45) is 0 Å². The van der Waals surface area contributed by atoms with Crippen LogP contribution < -0.4 is 10.6 Å². The van der Waals surface area contributed by atoms with Crippen molar-refractivity contribution in [1.29, 1.82) is 0 Å². The third-order valence-electron chi connectivity index (χ3n) is 3.35. The standard InChI is InChI=1S/C13H28N2/c1-3-4-5-6-7-12(2)15-13-8-10-14-11-9-13/h12-15H,3-11H2,1-2H3. The average Bonchev–Trinajstić information content (AvgIpc) is 2.26. The average molecular weight is 212 g/mol. The Morgan fingerprint density at radius 1 is 1.20 bits per heavy atom. The van der Waals surface area contributed by atoms with E-state index in [4.69, 9.17) is 0 Å². The van der Waals surface area contributed by atoms with E-state index in [1.807, 2.05) is 0 Å². The molecule has 2 N–H and O–H groups in total. The molecule has 0 spiro atoms. The maximum atomic E-state index is 3.76. The number of nitrogens with one attached hydrogen (secondary N) is 2. The third kappa shape index (κ3) is 6.16. The van der Waals surface area contributed by atoms with Crippen LogP contribution in [0.1, 0.15) is 58.8 Å². The maximum absolute atomic E-state index is 3.76. The van der Waals surface area contributed by atoms with Crippen LogP contribution in [0.4, 0.5) is 0 Å². The fraction of sp³-hybridized carbons (Fsp3) is 1.00. The molecule has 2 nitrogen and oxygen atoms in total. The van der Waals surface area contributed by atoms with Crippen molar-refractivity contribution >= 4 is 0 Å². The summed E-state index contributed by atoms with van der Waals surface area (Å²) in [5, 5.41) is 7.16. The summed E-state index contributed by atoms with van der Waals surface area (Å²) >= 11 is 0. The van der Waals surface area contributed by atoms with Gasteiger partial charge in [-0.1, -0.05) is 32.6 Å². The summed E-state index contributed by atoms with van der Waals surface area (Å²) in [5.74, 6) is 0. The SMILES string of the molecule is CCCCCCC(C)NC1CCNCC1. The first-order chi connectivity index (χ1) is 7.33. The molecule has 1 atom stereocenters. The zero-order valence-electron chi connectivity index (χ0n) is 10.5. The first-order valence-electron chi connectivity index (χ1n) is 6.79. The van der Waals surface area contributed by atoms with Crippen LogP contribution >= 0.6 is 0 Å². The molecule has 0 bridgehead atoms. The smallest absolute Gasteiger partial charge is 0.00937 e. The Kier molecular flexibility index (Phi) is 7.03. The lowest BCUT2D eigenvalue weighted by atomic mass is 10.0. The van der Waals surface area contributed by atoms with E-state index >= 15 is 0 Å². The molecule has 0 amide bonds. The molecule has 1 fully saturated rings. The molecule has 1 saturated heterocycles. The first kappa shape index (κ1) is 13.0. The highest BCUT2D eigenvalue weighted by molar-refractivity contribution is 4.77. The van der Waals surface area contributed by atoms with E-state index in [-0.39, 0.29) is 0 Å². The molecule has 1 aliphatic heterocycles. The molecule has 0 aromatic carbocycles. The predicted molar refractivity (Wildman–Crippen MR) is 67.2 cm³/mol. The first-order valence-corrected chi connectivity index (χ1v) is 6.79. The Balaban J connectivity index is 1.98. The van der Waals surface area contributed by atoms with Crippen molar-refractivity contribution in [1.82, 2.24) is 10.6 Å². The van der Waals surface area contributed by atoms with Gasteiger partial charge < -0.3 is 10.6 Å². The summed E-state index contributed by atoms with van der Waals surface area (Å²) in [5.41, 5.74) is 0. The second-order valence-electron chi connectivity index (χ2n) is 4.94. The highest BCUT2D eigenvalue weighted by Crippen LogP contribution is 2.08. The summed E-state index contributed by atoms with van der Waals surface area (Å²) in [6.45, 7) is 7.01. The van der Waals surface area contributed by atoms with Gasteiger partial charge >= 0.3 is 0 Å². The van der Waals surface area contributed by atoms with E-state index in [1.165, 1.54) is 58.0 Å². The van der Waals surface area contributed by atoms with E-state index in [0.29, 0.717) is 6.04 Å². The molecule has 0 aromatic rings. The Morgan fingerprint density at radius 2 is 1.93 bits per heavy atom. The van der Waals surface area contributed by atoms with Crippen LogP contribution in [-0.2, 0) is 0 Å². The minimum absolute atomic E-state index is 0.713. The van der Waals surface area contributed by atoms with Crippen molar-refractivity contribution in [2.45, 2.75) is 70.9 Å². The van der Waals surface area contributed by atoms with Crippen molar-refractivity contribution in [3.05, 3.63) is 0 Å². The third-order valence-corrected chi connectivity index (χ3v) is 3.35. The van der Waals surface area contributed by atoms with Crippen LogP contribution in [-0.4, -0.2) is 25.2 Å². The molecule has 0 aromatic heterocycles. The lowest BCUT2D eigenvalue weighted by Gasteiger charge is -2.27. The van der Waals surface area contributed by atoms with E-state index in [0.717, 1.165) is 6.04 Å². The molecular weight excluding hydrogens is 184 g/mol. The lowest BCUT2D eigenvalue weighted by molar-refractivity contribution is 0.343. The summed E-state index contributed by atoms with van der Waals surface area (Å²) in [7, 11) is 0. The Morgan fingerprint density at radius 3 is 2.60 bits per heavy atom. The fourth-order valence-corrected chi connectivity index (χ4v) is 2.35. The number of piperidine rings is 1. The van der Waals surface area contributed by atoms with Crippen molar-refractivity contribution < 1.29 is 0 Å². The summed E-state index contributed by atoms with van der Waals surface area (Å²) in [4.78, 5) is 0. The van der Waals surface area contributed by atoms with Crippen LogP contribution in [0.3, 0.4) is 0 Å². The van der Waals surface area contributed by atoms with E-state index in [2.05, 4.69) is 24.5 Å². The van der Waals surface area contributed by atoms with Crippen molar-refractivity contribution in [3.8, 4) is 0 Å². The molecule has 0 saturated carbocycles. The van der Waals surface area contributed by atoms with Gasteiger partial charge in [0.15, 0.2) is 0 Å². The van der Waals surface area contributed by atoms with Gasteiger partial charge in [-0.25, -0.2) is 0 Å². The predicted octanol–water partition coefficient (Wildman–Crippen LogP) is 2.69. The highest BCUT2D eigenvalue weighted by Gasteiger charge is 2.14. The van der Waals surface area contributed by atoms with Crippen LogP contribution in [0.2, 0.25) is 0 Å².